The number of hydrogen-bond acceptors (Lipinski definition) is 9. The molecule has 39 heavy (non-hydrogen) atoms. The molecule has 0 fully saturated rings. The number of hydrogen-bond donors (Lipinski definition) is 1. The molecule has 0 saturated heterocycles. The summed E-state index contributed by atoms with van der Waals surface area (Å²) in [6.07, 6.45) is 5.59. The maximum absolute atomic E-state index is 12.0. The fraction of sp³-hybridized carbons (Fsp3) is 0.321. The van der Waals surface area contributed by atoms with Gasteiger partial charge < -0.3 is 24.4 Å². The molecule has 0 saturated carbocycles. The first-order valence-corrected chi connectivity index (χ1v) is 12.7. The number of ether oxygens (including phenoxy) is 1. The van der Waals surface area contributed by atoms with Crippen LogP contribution in [0.2, 0.25) is 0 Å². The summed E-state index contributed by atoms with van der Waals surface area (Å²) in [5.41, 5.74) is 4.89. The Morgan fingerprint density at radius 3 is 2.79 bits per heavy atom. The van der Waals surface area contributed by atoms with E-state index in [9.17, 15) is 15.4 Å². The van der Waals surface area contributed by atoms with Crippen LogP contribution in [-0.2, 0) is 13.0 Å². The molecular weight excluding hydrogens is 496 g/mol. The minimum atomic E-state index is -0.412. The van der Waals surface area contributed by atoms with Gasteiger partial charge in [-0.2, -0.15) is 5.26 Å². The summed E-state index contributed by atoms with van der Waals surface area (Å²) >= 11 is 0. The molecule has 200 valence electrons. The summed E-state index contributed by atoms with van der Waals surface area (Å²) < 4.78 is 7.81. The van der Waals surface area contributed by atoms with Crippen molar-refractivity contribution >= 4 is 33.9 Å². The summed E-state index contributed by atoms with van der Waals surface area (Å²) in [6.45, 7) is 2.23. The Morgan fingerprint density at radius 1 is 1.26 bits per heavy atom. The van der Waals surface area contributed by atoms with Gasteiger partial charge in [-0.05, 0) is 32.5 Å². The molecule has 0 atom stereocenters. The Morgan fingerprint density at radius 2 is 2.08 bits per heavy atom. The third-order valence-corrected chi connectivity index (χ3v) is 7.03. The predicted molar refractivity (Wildman–Crippen MR) is 151 cm³/mol. The van der Waals surface area contributed by atoms with E-state index in [0.29, 0.717) is 34.9 Å². The lowest BCUT2D eigenvalue weighted by atomic mass is 10.0. The molecule has 0 radical (unpaired) electrons. The van der Waals surface area contributed by atoms with Crippen molar-refractivity contribution in [2.24, 2.45) is 0 Å². The Labute approximate surface area is 226 Å². The van der Waals surface area contributed by atoms with E-state index < -0.39 is 4.92 Å². The van der Waals surface area contributed by atoms with E-state index in [1.807, 2.05) is 49.3 Å². The average molecular weight is 527 g/mol. The Bertz CT molecular complexity index is 1600. The SMILES string of the molecule is COc1cc(N(C)CCN(C)C)c([N+](=O)[O-])cc1Nc1ncc(C#N)c(-c2cn3c4c(cccc24)CCC3)n1. The van der Waals surface area contributed by atoms with Gasteiger partial charge in [-0.1, -0.05) is 18.2 Å². The molecule has 3 heterocycles. The number of methoxy groups -OCH3 is 1. The average Bonchev–Trinajstić information content (AvgIpc) is 3.31. The zero-order chi connectivity index (χ0) is 27.7. The van der Waals surface area contributed by atoms with Crippen molar-refractivity contribution in [3.05, 3.63) is 64.0 Å². The highest BCUT2D eigenvalue weighted by atomic mass is 16.6. The van der Waals surface area contributed by atoms with E-state index in [1.165, 1.54) is 30.5 Å². The standard InChI is InChI=1S/C28H30N8O3/c1-33(2)11-12-34(3)23-14-25(39-4)22(13-24(23)36(37)38)31-28-30-16-19(15-29)26(32-28)21-17-35-10-6-8-18-7-5-9-20(21)27(18)35/h5,7,9,13-14,16-17H,6,8,10-12H2,1-4H3,(H,30,31,32). The number of nitrogens with zero attached hydrogens (tertiary/aromatic N) is 7. The van der Waals surface area contributed by atoms with E-state index in [1.54, 1.807) is 6.07 Å². The number of nitriles is 1. The maximum atomic E-state index is 12.0. The summed E-state index contributed by atoms with van der Waals surface area (Å²) in [5, 5.41) is 26.0. The number of para-hydroxylation sites is 1. The third-order valence-electron chi connectivity index (χ3n) is 7.03. The molecule has 1 aliphatic rings. The minimum Gasteiger partial charge on any atom is -0.494 e. The van der Waals surface area contributed by atoms with Gasteiger partial charge in [0.1, 0.15) is 17.5 Å². The van der Waals surface area contributed by atoms with Gasteiger partial charge in [0.05, 0.1) is 40.7 Å². The lowest BCUT2D eigenvalue weighted by Crippen LogP contribution is -2.28. The molecule has 4 aromatic rings. The number of nitro groups is 1. The van der Waals surface area contributed by atoms with Crippen molar-refractivity contribution in [2.75, 3.05) is 51.6 Å². The van der Waals surface area contributed by atoms with Gasteiger partial charge >= 0.3 is 0 Å². The van der Waals surface area contributed by atoms with Crippen LogP contribution in [0.15, 0.2) is 42.7 Å². The van der Waals surface area contributed by atoms with E-state index in [4.69, 9.17) is 9.72 Å². The van der Waals surface area contributed by atoms with Crippen LogP contribution >= 0.6 is 0 Å². The van der Waals surface area contributed by atoms with Gasteiger partial charge in [0.25, 0.3) is 5.69 Å². The highest BCUT2D eigenvalue weighted by Crippen LogP contribution is 2.40. The van der Waals surface area contributed by atoms with Crippen molar-refractivity contribution in [3.8, 4) is 23.1 Å². The lowest BCUT2D eigenvalue weighted by Gasteiger charge is -2.22. The van der Waals surface area contributed by atoms with Gasteiger partial charge in [-0.3, -0.25) is 10.1 Å². The quantitative estimate of drug-likeness (QED) is 0.246. The van der Waals surface area contributed by atoms with Crippen molar-refractivity contribution in [2.45, 2.75) is 19.4 Å². The first-order valence-electron chi connectivity index (χ1n) is 12.7. The highest BCUT2D eigenvalue weighted by Gasteiger charge is 2.24. The van der Waals surface area contributed by atoms with E-state index in [0.717, 1.165) is 36.9 Å². The molecule has 0 aliphatic carbocycles. The van der Waals surface area contributed by atoms with Gasteiger partial charge in [0, 0.05) is 56.0 Å². The Balaban J connectivity index is 1.56. The molecule has 0 spiro atoms. The summed E-state index contributed by atoms with van der Waals surface area (Å²) in [4.78, 5) is 24.5. The molecule has 1 N–H and O–H groups in total. The number of rotatable bonds is 9. The van der Waals surface area contributed by atoms with Gasteiger partial charge in [-0.25, -0.2) is 9.97 Å². The number of benzene rings is 2. The second-order valence-corrected chi connectivity index (χ2v) is 9.87. The zero-order valence-corrected chi connectivity index (χ0v) is 22.4. The molecule has 1 aliphatic heterocycles. The van der Waals surface area contributed by atoms with Gasteiger partial charge in [0.2, 0.25) is 5.95 Å². The van der Waals surface area contributed by atoms with Crippen LogP contribution < -0.4 is 15.0 Å². The maximum Gasteiger partial charge on any atom is 0.294 e. The zero-order valence-electron chi connectivity index (χ0n) is 22.4. The second-order valence-electron chi connectivity index (χ2n) is 9.87. The van der Waals surface area contributed by atoms with Crippen LogP contribution in [0.5, 0.6) is 5.75 Å². The summed E-state index contributed by atoms with van der Waals surface area (Å²) in [5.74, 6) is 0.617. The summed E-state index contributed by atoms with van der Waals surface area (Å²) in [6, 6.07) is 11.5. The number of nitro benzene ring substituents is 1. The first kappa shape index (κ1) is 25.9. The molecule has 0 unspecified atom stereocenters. The van der Waals surface area contributed by atoms with Crippen molar-refractivity contribution < 1.29 is 9.66 Å². The predicted octanol–water partition coefficient (Wildman–Crippen LogP) is 4.57. The van der Waals surface area contributed by atoms with Crippen LogP contribution in [0.3, 0.4) is 0 Å². The van der Waals surface area contributed by atoms with E-state index in [-0.39, 0.29) is 11.6 Å². The van der Waals surface area contributed by atoms with Crippen LogP contribution in [0.25, 0.3) is 22.2 Å². The first-order chi connectivity index (χ1) is 18.8. The normalized spacial score (nSPS) is 12.4. The molecule has 2 aromatic carbocycles. The smallest absolute Gasteiger partial charge is 0.294 e. The number of likely N-dealkylation sites (N-methyl/N-ethyl adjacent to an activating group) is 2. The molecule has 11 nitrogen and oxygen atoms in total. The van der Waals surface area contributed by atoms with Crippen molar-refractivity contribution in [1.82, 2.24) is 19.4 Å². The fourth-order valence-corrected chi connectivity index (χ4v) is 5.04. The highest BCUT2D eigenvalue weighted by molar-refractivity contribution is 5.98. The van der Waals surface area contributed by atoms with Gasteiger partial charge in [0.15, 0.2) is 0 Å². The second kappa shape index (κ2) is 10.6. The van der Waals surface area contributed by atoms with E-state index in [2.05, 4.69) is 27.0 Å². The van der Waals surface area contributed by atoms with Gasteiger partial charge in [-0.15, -0.1) is 0 Å². The molecule has 2 aromatic heterocycles. The topological polar surface area (TPSA) is 125 Å². The number of aryl methyl sites for hydroxylation is 2. The van der Waals surface area contributed by atoms with Crippen LogP contribution in [0.4, 0.5) is 23.0 Å². The third kappa shape index (κ3) is 4.94. The molecular formula is C28H30N8O3. The lowest BCUT2D eigenvalue weighted by molar-refractivity contribution is -0.384. The Kier molecular flexibility index (Phi) is 7.04. The molecule has 5 rings (SSSR count). The van der Waals surface area contributed by atoms with Crippen LogP contribution in [0, 0.1) is 21.4 Å². The van der Waals surface area contributed by atoms with E-state index >= 15 is 0 Å². The largest absolute Gasteiger partial charge is 0.494 e. The minimum absolute atomic E-state index is 0.0672. The molecule has 11 heteroatoms. The molecule has 0 bridgehead atoms. The number of nitrogens with one attached hydrogen (secondary N) is 1. The van der Waals surface area contributed by atoms with Crippen molar-refractivity contribution in [1.29, 1.82) is 5.26 Å². The monoisotopic (exact) mass is 526 g/mol. The Hall–Kier alpha value is -4.69. The van der Waals surface area contributed by atoms with Crippen molar-refractivity contribution in [3.63, 3.8) is 0 Å². The van der Waals surface area contributed by atoms with Crippen LogP contribution in [-0.4, -0.2) is 65.7 Å². The summed E-state index contributed by atoms with van der Waals surface area (Å²) in [7, 11) is 7.22. The fourth-order valence-electron chi connectivity index (χ4n) is 5.04. The number of aromatic nitrogens is 3. The number of anilines is 3. The van der Waals surface area contributed by atoms with Crippen LogP contribution in [0.1, 0.15) is 17.5 Å². The molecule has 0 amide bonds.